The second kappa shape index (κ2) is 13.4. The Hall–Kier alpha value is -4.50. The van der Waals surface area contributed by atoms with Gasteiger partial charge in [-0.1, -0.05) is 79.4 Å². The van der Waals surface area contributed by atoms with E-state index in [1.54, 1.807) is 0 Å². The molecule has 0 spiro atoms. The third kappa shape index (κ3) is 6.06. The monoisotopic (exact) mass is 553 g/mol. The average molecular weight is 554 g/mol. The number of nitrogens with zero attached hydrogens (tertiary/aromatic N) is 2. The van der Waals surface area contributed by atoms with Crippen LogP contribution in [0, 0.1) is 0 Å². The molecule has 5 aromatic rings. The number of hydrogen-bond donors (Lipinski definition) is 1. The molecule has 0 fully saturated rings. The topological polar surface area (TPSA) is 18.5 Å². The number of rotatable bonds is 12. The predicted molar refractivity (Wildman–Crippen MR) is 185 cm³/mol. The first kappa shape index (κ1) is 29.0. The van der Waals surface area contributed by atoms with Crippen LogP contribution >= 0.6 is 0 Å². The molecule has 3 nitrogen and oxygen atoms in total. The highest BCUT2D eigenvalue weighted by atomic mass is 15.1. The highest BCUT2D eigenvalue weighted by Crippen LogP contribution is 2.40. The Bertz CT molecular complexity index is 1540. The molecule has 214 valence electrons. The van der Waals surface area contributed by atoms with Crippen molar-refractivity contribution in [3.63, 3.8) is 0 Å². The Morgan fingerprint density at radius 1 is 0.595 bits per heavy atom. The van der Waals surface area contributed by atoms with Gasteiger partial charge < -0.3 is 15.1 Å². The molecule has 0 radical (unpaired) electrons. The van der Waals surface area contributed by atoms with Crippen molar-refractivity contribution in [2.45, 2.75) is 33.6 Å². The zero-order valence-corrected chi connectivity index (χ0v) is 25.5. The molecule has 0 heterocycles. The molecule has 0 bridgehead atoms. The lowest BCUT2D eigenvalue weighted by atomic mass is 9.82. The Balaban J connectivity index is 1.61. The smallest absolute Gasteiger partial charge is 0.0464 e. The van der Waals surface area contributed by atoms with Crippen molar-refractivity contribution in [2.75, 3.05) is 41.3 Å². The van der Waals surface area contributed by atoms with E-state index in [4.69, 9.17) is 0 Å². The van der Waals surface area contributed by atoms with Crippen molar-refractivity contribution in [3.05, 3.63) is 138 Å². The Labute approximate surface area is 252 Å². The number of anilines is 4. The first-order valence-electron chi connectivity index (χ1n) is 15.3. The normalized spacial score (nSPS) is 11.1. The maximum absolute atomic E-state index is 3.88. The molecule has 0 aliphatic carbocycles. The first-order chi connectivity index (χ1) is 20.6. The van der Waals surface area contributed by atoms with Gasteiger partial charge in [-0.3, -0.25) is 0 Å². The van der Waals surface area contributed by atoms with Crippen LogP contribution in [0.4, 0.5) is 22.7 Å². The molecule has 0 aromatic heterocycles. The first-order valence-corrected chi connectivity index (χ1v) is 15.3. The largest absolute Gasteiger partial charge is 0.372 e. The summed E-state index contributed by atoms with van der Waals surface area (Å²) in [4.78, 5) is 4.80. The van der Waals surface area contributed by atoms with E-state index in [0.29, 0.717) is 0 Å². The molecular weight excluding hydrogens is 510 g/mol. The fourth-order valence-electron chi connectivity index (χ4n) is 6.03. The van der Waals surface area contributed by atoms with Gasteiger partial charge in [0.05, 0.1) is 0 Å². The van der Waals surface area contributed by atoms with E-state index in [-0.39, 0.29) is 5.92 Å². The SMILES string of the molecule is C=Cc1ccc(Nc2ccc(C(c3ccc(N(CC)CC)cc3)c3ccc(N(CC)CC)cc3)c3ccccc23)cc1. The lowest BCUT2D eigenvalue weighted by molar-refractivity contribution is 0.863. The van der Waals surface area contributed by atoms with Gasteiger partial charge in [-0.15, -0.1) is 0 Å². The predicted octanol–water partition coefficient (Wildman–Crippen LogP) is 10.1. The number of fused-ring (bicyclic) bond motifs is 1. The van der Waals surface area contributed by atoms with Crippen LogP contribution in [-0.4, -0.2) is 26.2 Å². The van der Waals surface area contributed by atoms with E-state index in [1.165, 1.54) is 38.8 Å². The number of nitrogens with one attached hydrogen (secondary N) is 1. The molecule has 0 atom stereocenters. The summed E-state index contributed by atoms with van der Waals surface area (Å²) in [5, 5.41) is 6.14. The fraction of sp³-hybridized carbons (Fsp3) is 0.231. The minimum Gasteiger partial charge on any atom is -0.372 e. The van der Waals surface area contributed by atoms with Gasteiger partial charge in [0, 0.05) is 60.2 Å². The average Bonchev–Trinajstić information content (AvgIpc) is 3.05. The van der Waals surface area contributed by atoms with E-state index in [9.17, 15) is 0 Å². The molecule has 1 N–H and O–H groups in total. The molecule has 3 heteroatoms. The van der Waals surface area contributed by atoms with Crippen LogP contribution in [0.15, 0.2) is 116 Å². The zero-order valence-electron chi connectivity index (χ0n) is 25.5. The van der Waals surface area contributed by atoms with E-state index in [1.807, 2.05) is 6.08 Å². The maximum atomic E-state index is 3.88. The molecular formula is C39H43N3. The quantitative estimate of drug-likeness (QED) is 0.155. The van der Waals surface area contributed by atoms with Crippen LogP contribution < -0.4 is 15.1 Å². The van der Waals surface area contributed by atoms with Crippen LogP contribution in [0.3, 0.4) is 0 Å². The van der Waals surface area contributed by atoms with Gasteiger partial charge in [-0.25, -0.2) is 0 Å². The summed E-state index contributed by atoms with van der Waals surface area (Å²) in [5.41, 5.74) is 9.73. The van der Waals surface area contributed by atoms with Crippen LogP contribution in [0.5, 0.6) is 0 Å². The van der Waals surface area contributed by atoms with Gasteiger partial charge in [0.15, 0.2) is 0 Å². The summed E-state index contributed by atoms with van der Waals surface area (Å²) >= 11 is 0. The lowest BCUT2D eigenvalue weighted by Gasteiger charge is -2.26. The molecule has 42 heavy (non-hydrogen) atoms. The van der Waals surface area contributed by atoms with E-state index in [2.05, 4.69) is 159 Å². The Morgan fingerprint density at radius 3 is 1.57 bits per heavy atom. The Morgan fingerprint density at radius 2 is 1.10 bits per heavy atom. The molecule has 0 saturated carbocycles. The maximum Gasteiger partial charge on any atom is 0.0464 e. The van der Waals surface area contributed by atoms with Crippen molar-refractivity contribution in [3.8, 4) is 0 Å². The van der Waals surface area contributed by atoms with Crippen LogP contribution in [-0.2, 0) is 0 Å². The summed E-state index contributed by atoms with van der Waals surface area (Å²) < 4.78 is 0. The van der Waals surface area contributed by atoms with Gasteiger partial charge in [-0.05, 0) is 97.8 Å². The van der Waals surface area contributed by atoms with Gasteiger partial charge in [0.25, 0.3) is 0 Å². The lowest BCUT2D eigenvalue weighted by Crippen LogP contribution is -2.22. The van der Waals surface area contributed by atoms with Crippen molar-refractivity contribution >= 4 is 39.6 Å². The number of benzene rings is 5. The second-order valence-corrected chi connectivity index (χ2v) is 10.7. The number of hydrogen-bond acceptors (Lipinski definition) is 3. The van der Waals surface area contributed by atoms with Gasteiger partial charge in [-0.2, -0.15) is 0 Å². The van der Waals surface area contributed by atoms with Gasteiger partial charge >= 0.3 is 0 Å². The third-order valence-corrected chi connectivity index (χ3v) is 8.40. The standard InChI is InChI=1S/C39H43N3/c1-6-29-15-21-32(22-16-29)40-38-28-27-37(35-13-11-12-14-36(35)38)39(30-17-23-33(24-18-30)41(7-2)8-3)31-19-25-34(26-20-31)42(9-4)10-5/h6,11-28,39-40H,1,7-10H2,2-5H3. The highest BCUT2D eigenvalue weighted by molar-refractivity contribution is 5.98. The Kier molecular flexibility index (Phi) is 9.28. The van der Waals surface area contributed by atoms with Crippen LogP contribution in [0.1, 0.15) is 55.9 Å². The summed E-state index contributed by atoms with van der Waals surface area (Å²) in [5.74, 6) is 0.104. The summed E-state index contributed by atoms with van der Waals surface area (Å²) in [6.07, 6.45) is 1.87. The van der Waals surface area contributed by atoms with Gasteiger partial charge in [0.2, 0.25) is 0 Å². The minimum atomic E-state index is 0.104. The zero-order chi connectivity index (χ0) is 29.5. The van der Waals surface area contributed by atoms with Crippen LogP contribution in [0.2, 0.25) is 0 Å². The van der Waals surface area contributed by atoms with Crippen molar-refractivity contribution in [1.82, 2.24) is 0 Å². The van der Waals surface area contributed by atoms with Crippen molar-refractivity contribution < 1.29 is 0 Å². The van der Waals surface area contributed by atoms with Crippen molar-refractivity contribution in [1.29, 1.82) is 0 Å². The second-order valence-electron chi connectivity index (χ2n) is 10.7. The molecule has 0 saturated heterocycles. The summed E-state index contributed by atoms with van der Waals surface area (Å²) in [7, 11) is 0. The van der Waals surface area contributed by atoms with E-state index < -0.39 is 0 Å². The third-order valence-electron chi connectivity index (χ3n) is 8.40. The van der Waals surface area contributed by atoms with Crippen LogP contribution in [0.25, 0.3) is 16.8 Å². The fourth-order valence-corrected chi connectivity index (χ4v) is 6.03. The molecule has 0 amide bonds. The van der Waals surface area contributed by atoms with Crippen molar-refractivity contribution in [2.24, 2.45) is 0 Å². The molecule has 5 rings (SSSR count). The molecule has 0 aliphatic rings. The summed E-state index contributed by atoms with van der Waals surface area (Å²) in [6.45, 7) is 16.7. The highest BCUT2D eigenvalue weighted by Gasteiger charge is 2.21. The van der Waals surface area contributed by atoms with E-state index in [0.717, 1.165) is 43.1 Å². The molecule has 0 unspecified atom stereocenters. The van der Waals surface area contributed by atoms with E-state index >= 15 is 0 Å². The molecule has 0 aliphatic heterocycles. The molecule has 5 aromatic carbocycles. The van der Waals surface area contributed by atoms with Gasteiger partial charge in [0.1, 0.15) is 0 Å². The summed E-state index contributed by atoms with van der Waals surface area (Å²) in [6, 6.07) is 40.1. The minimum absolute atomic E-state index is 0.104.